The Bertz CT molecular complexity index is 783. The van der Waals surface area contributed by atoms with Crippen molar-refractivity contribution in [2.75, 3.05) is 18.8 Å². The number of sulfonamides is 1. The van der Waals surface area contributed by atoms with Crippen LogP contribution in [0.25, 0.3) is 0 Å². The molecule has 0 aromatic heterocycles. The predicted molar refractivity (Wildman–Crippen MR) is 89.6 cm³/mol. The highest BCUT2D eigenvalue weighted by Crippen LogP contribution is 2.29. The van der Waals surface area contributed by atoms with E-state index in [0.717, 1.165) is 4.31 Å². The summed E-state index contributed by atoms with van der Waals surface area (Å²) in [4.78, 5) is 23.9. The molecule has 0 aliphatic carbocycles. The highest BCUT2D eigenvalue weighted by atomic mass is 35.5. The van der Waals surface area contributed by atoms with E-state index in [4.69, 9.17) is 23.2 Å². The second-order valence-electron chi connectivity index (χ2n) is 5.61. The van der Waals surface area contributed by atoms with Crippen LogP contribution in [0.3, 0.4) is 0 Å². The van der Waals surface area contributed by atoms with Crippen LogP contribution in [-0.2, 0) is 25.2 Å². The van der Waals surface area contributed by atoms with Gasteiger partial charge in [-0.05, 0) is 31.0 Å². The number of nitrogens with one attached hydrogen (secondary N) is 1. The molecule has 2 rings (SSSR count). The average Bonchev–Trinajstić information content (AvgIpc) is 2.80. The van der Waals surface area contributed by atoms with E-state index >= 15 is 0 Å². The molecule has 7 nitrogen and oxygen atoms in total. The van der Waals surface area contributed by atoms with Crippen LogP contribution in [0.5, 0.6) is 0 Å². The third-order valence-corrected chi connectivity index (χ3v) is 6.48. The minimum Gasteiger partial charge on any atom is -0.479 e. The fourth-order valence-electron chi connectivity index (χ4n) is 2.40. The van der Waals surface area contributed by atoms with Gasteiger partial charge in [0.1, 0.15) is 0 Å². The van der Waals surface area contributed by atoms with Crippen LogP contribution < -0.4 is 5.32 Å². The lowest BCUT2D eigenvalue weighted by Crippen LogP contribution is -2.52. The van der Waals surface area contributed by atoms with Gasteiger partial charge in [0.2, 0.25) is 15.9 Å². The normalized spacial score (nSPS) is 19.6. The maximum Gasteiger partial charge on any atom is 0.333 e. The van der Waals surface area contributed by atoms with Gasteiger partial charge in [-0.2, -0.15) is 4.31 Å². The molecule has 1 aliphatic heterocycles. The largest absolute Gasteiger partial charge is 0.479 e. The summed E-state index contributed by atoms with van der Waals surface area (Å²) in [6, 6.07) is 4.22. The summed E-state index contributed by atoms with van der Waals surface area (Å²) in [5, 5.41) is 12.3. The third-order valence-electron chi connectivity index (χ3n) is 3.84. The molecule has 10 heteroatoms. The molecule has 1 heterocycles. The van der Waals surface area contributed by atoms with Crippen LogP contribution in [0.2, 0.25) is 10.0 Å². The van der Waals surface area contributed by atoms with Crippen LogP contribution in [0.15, 0.2) is 18.2 Å². The third kappa shape index (κ3) is 3.83. The van der Waals surface area contributed by atoms with Gasteiger partial charge < -0.3 is 10.4 Å². The molecular formula is C14H16Cl2N2O5S. The first-order valence-corrected chi connectivity index (χ1v) is 9.40. The molecule has 1 unspecified atom stereocenters. The van der Waals surface area contributed by atoms with Crippen molar-refractivity contribution in [1.29, 1.82) is 0 Å². The smallest absolute Gasteiger partial charge is 0.333 e. The van der Waals surface area contributed by atoms with Crippen molar-refractivity contribution in [3.63, 3.8) is 0 Å². The molecule has 1 aliphatic rings. The number of carbonyl (C=O) groups is 2. The summed E-state index contributed by atoms with van der Waals surface area (Å²) < 4.78 is 24.5. The molecule has 1 atom stereocenters. The highest BCUT2D eigenvalue weighted by Gasteiger charge is 2.39. The van der Waals surface area contributed by atoms with Gasteiger partial charge in [0, 0.05) is 6.54 Å². The van der Waals surface area contributed by atoms with E-state index < -0.39 is 34.0 Å². The molecule has 1 fully saturated rings. The van der Waals surface area contributed by atoms with E-state index in [1.54, 1.807) is 0 Å². The summed E-state index contributed by atoms with van der Waals surface area (Å²) in [5.74, 6) is -2.03. The van der Waals surface area contributed by atoms with Crippen molar-refractivity contribution < 1.29 is 23.1 Å². The van der Waals surface area contributed by atoms with Crippen molar-refractivity contribution in [2.24, 2.45) is 0 Å². The summed E-state index contributed by atoms with van der Waals surface area (Å²) in [6.45, 7) is 1.12. The van der Waals surface area contributed by atoms with Gasteiger partial charge >= 0.3 is 5.97 Å². The number of carboxylic acids is 1. The number of benzene rings is 1. The number of carbonyl (C=O) groups excluding carboxylic acids is 1. The quantitative estimate of drug-likeness (QED) is 0.786. The Morgan fingerprint density at radius 3 is 2.50 bits per heavy atom. The molecule has 132 valence electrons. The minimum atomic E-state index is -3.45. The lowest BCUT2D eigenvalue weighted by molar-refractivity contribution is -0.147. The zero-order valence-corrected chi connectivity index (χ0v) is 15.1. The molecule has 0 spiro atoms. The van der Waals surface area contributed by atoms with Crippen molar-refractivity contribution in [3.8, 4) is 0 Å². The van der Waals surface area contributed by atoms with Crippen molar-refractivity contribution in [3.05, 3.63) is 33.8 Å². The molecular weight excluding hydrogens is 379 g/mol. The maximum absolute atomic E-state index is 12.2. The number of hydrogen-bond donors (Lipinski definition) is 2. The second kappa shape index (κ2) is 6.87. The van der Waals surface area contributed by atoms with Gasteiger partial charge in [-0.15, -0.1) is 0 Å². The maximum atomic E-state index is 12.2. The van der Waals surface area contributed by atoms with E-state index in [-0.39, 0.29) is 27.9 Å². The van der Waals surface area contributed by atoms with Crippen LogP contribution >= 0.6 is 23.2 Å². The number of aliphatic carboxylic acids is 1. The number of halogens is 2. The van der Waals surface area contributed by atoms with Crippen LogP contribution in [0.1, 0.15) is 18.9 Å². The number of rotatable bonds is 5. The van der Waals surface area contributed by atoms with E-state index in [1.807, 2.05) is 0 Å². The second-order valence-corrected chi connectivity index (χ2v) is 8.51. The van der Waals surface area contributed by atoms with Crippen LogP contribution in [0, 0.1) is 0 Å². The zero-order chi connectivity index (χ0) is 18.1. The number of carboxylic acid groups (broad SMARTS) is 1. The summed E-state index contributed by atoms with van der Waals surface area (Å²) in [6.07, 6.45) is 0.443. The van der Waals surface area contributed by atoms with Crippen LogP contribution in [-0.4, -0.2) is 48.5 Å². The molecule has 0 bridgehead atoms. The standard InChI is InChI=1S/C14H16Cl2N2O5S/c1-14(13(20)21,9-3-4-10(15)11(16)7-9)17-12(19)8-18-5-2-6-24(18,22)23/h3-4,7H,2,5-6,8H2,1H3,(H,17,19)(H,20,21). The van der Waals surface area contributed by atoms with Crippen molar-refractivity contribution in [2.45, 2.75) is 18.9 Å². The molecule has 1 aromatic rings. The Morgan fingerprint density at radius 2 is 2.00 bits per heavy atom. The SMILES string of the molecule is CC(NC(=O)CN1CCCS1(=O)=O)(C(=O)O)c1ccc(Cl)c(Cl)c1. The van der Waals surface area contributed by atoms with Gasteiger partial charge in [-0.1, -0.05) is 29.3 Å². The van der Waals surface area contributed by atoms with Crippen LogP contribution in [0.4, 0.5) is 0 Å². The fourth-order valence-corrected chi connectivity index (χ4v) is 4.18. The van der Waals surface area contributed by atoms with Gasteiger partial charge in [-0.3, -0.25) is 4.79 Å². The Kier molecular flexibility index (Phi) is 5.44. The molecule has 0 saturated carbocycles. The van der Waals surface area contributed by atoms with Crippen molar-refractivity contribution >= 4 is 45.1 Å². The Morgan fingerprint density at radius 1 is 1.33 bits per heavy atom. The summed E-state index contributed by atoms with van der Waals surface area (Å²) >= 11 is 11.7. The monoisotopic (exact) mass is 394 g/mol. The minimum absolute atomic E-state index is 0.0106. The summed E-state index contributed by atoms with van der Waals surface area (Å²) in [7, 11) is -3.45. The lowest BCUT2D eigenvalue weighted by Gasteiger charge is -2.28. The molecule has 1 aromatic carbocycles. The summed E-state index contributed by atoms with van der Waals surface area (Å²) in [5.41, 5.74) is -1.54. The highest BCUT2D eigenvalue weighted by molar-refractivity contribution is 7.89. The van der Waals surface area contributed by atoms with Crippen molar-refractivity contribution in [1.82, 2.24) is 9.62 Å². The Labute approximate surface area is 149 Å². The first-order chi connectivity index (χ1) is 11.1. The molecule has 2 N–H and O–H groups in total. The first kappa shape index (κ1) is 19.0. The van der Waals surface area contributed by atoms with E-state index in [0.29, 0.717) is 6.42 Å². The molecule has 1 amide bonds. The zero-order valence-electron chi connectivity index (χ0n) is 12.8. The Balaban J connectivity index is 2.22. The van der Waals surface area contributed by atoms with Gasteiger partial charge in [0.15, 0.2) is 5.54 Å². The number of amides is 1. The predicted octanol–water partition coefficient (Wildman–Crippen LogP) is 1.44. The molecule has 0 radical (unpaired) electrons. The molecule has 24 heavy (non-hydrogen) atoms. The topological polar surface area (TPSA) is 104 Å². The van der Waals surface area contributed by atoms with Gasteiger partial charge in [0.05, 0.1) is 22.3 Å². The van der Waals surface area contributed by atoms with E-state index in [2.05, 4.69) is 5.32 Å². The molecule has 1 saturated heterocycles. The number of nitrogens with zero attached hydrogens (tertiary/aromatic N) is 1. The van der Waals surface area contributed by atoms with E-state index in [1.165, 1.54) is 25.1 Å². The Hall–Kier alpha value is -1.35. The lowest BCUT2D eigenvalue weighted by atomic mass is 9.92. The average molecular weight is 395 g/mol. The van der Waals surface area contributed by atoms with E-state index in [9.17, 15) is 23.1 Å². The number of hydrogen-bond acceptors (Lipinski definition) is 4. The van der Waals surface area contributed by atoms with Gasteiger partial charge in [0.25, 0.3) is 0 Å². The van der Waals surface area contributed by atoms with Gasteiger partial charge in [-0.25, -0.2) is 13.2 Å². The fraction of sp³-hybridized carbons (Fsp3) is 0.429. The first-order valence-electron chi connectivity index (χ1n) is 7.04.